The number of hydrogen-bond donors (Lipinski definition) is 1. The molecule has 0 aromatic rings. The summed E-state index contributed by atoms with van der Waals surface area (Å²) in [6.07, 6.45) is 3.17. The molecule has 0 unspecified atom stereocenters. The molecule has 1 N–H and O–H groups in total. The Morgan fingerprint density at radius 1 is 1.64 bits per heavy atom. The van der Waals surface area contributed by atoms with Gasteiger partial charge in [0.15, 0.2) is 0 Å². The van der Waals surface area contributed by atoms with Crippen LogP contribution in [0.15, 0.2) is 36.0 Å². The maximum atomic E-state index is 4.00. The van der Waals surface area contributed by atoms with E-state index < -0.39 is 0 Å². The van der Waals surface area contributed by atoms with Crippen molar-refractivity contribution in [2.24, 2.45) is 0 Å². The Bertz CT molecular complexity index is 211. The normalized spacial score (nSPS) is 22.3. The van der Waals surface area contributed by atoms with Crippen LogP contribution in [0.1, 0.15) is 13.3 Å². The highest BCUT2D eigenvalue weighted by atomic mass is 14.9. The lowest BCUT2D eigenvalue weighted by molar-refractivity contribution is 0.684. The summed E-state index contributed by atoms with van der Waals surface area (Å²) >= 11 is 0. The second-order valence-electron chi connectivity index (χ2n) is 3.05. The molecule has 1 heterocycles. The van der Waals surface area contributed by atoms with Crippen LogP contribution < -0.4 is 5.32 Å². The van der Waals surface area contributed by atoms with Gasteiger partial charge in [-0.15, -0.1) is 0 Å². The van der Waals surface area contributed by atoms with Crippen molar-refractivity contribution < 1.29 is 0 Å². The fourth-order valence-corrected chi connectivity index (χ4v) is 1.20. The molecule has 0 aliphatic carbocycles. The summed E-state index contributed by atoms with van der Waals surface area (Å²) in [4.78, 5) is 0. The molecule has 0 atom stereocenters. The van der Waals surface area contributed by atoms with Gasteiger partial charge in [0, 0.05) is 6.54 Å². The Morgan fingerprint density at radius 2 is 2.36 bits per heavy atom. The minimum atomic E-state index is 0.950. The molecule has 0 aromatic heterocycles. The number of piperidine rings is 1. The van der Waals surface area contributed by atoms with Crippen molar-refractivity contribution >= 4 is 0 Å². The molecule has 0 saturated carbocycles. The second-order valence-corrected chi connectivity index (χ2v) is 3.05. The SMILES string of the molecule is C=C(C)/C=C1/CNCCC1=C. The minimum Gasteiger partial charge on any atom is -0.312 e. The van der Waals surface area contributed by atoms with Crippen molar-refractivity contribution in [2.45, 2.75) is 13.3 Å². The molecule has 1 saturated heterocycles. The summed E-state index contributed by atoms with van der Waals surface area (Å²) < 4.78 is 0. The van der Waals surface area contributed by atoms with Crippen molar-refractivity contribution in [3.05, 3.63) is 36.0 Å². The lowest BCUT2D eigenvalue weighted by atomic mass is 9.99. The molecule has 0 amide bonds. The number of hydrogen-bond acceptors (Lipinski definition) is 1. The second kappa shape index (κ2) is 3.54. The lowest BCUT2D eigenvalue weighted by Crippen LogP contribution is -2.25. The third kappa shape index (κ3) is 2.35. The maximum Gasteiger partial charge on any atom is 0.0208 e. The van der Waals surface area contributed by atoms with Gasteiger partial charge in [0.2, 0.25) is 0 Å². The molecular weight excluding hydrogens is 134 g/mol. The largest absolute Gasteiger partial charge is 0.312 e. The first-order chi connectivity index (χ1) is 5.20. The number of rotatable bonds is 1. The molecule has 60 valence electrons. The minimum absolute atomic E-state index is 0.950. The van der Waals surface area contributed by atoms with Gasteiger partial charge in [-0.3, -0.25) is 0 Å². The molecule has 1 rings (SSSR count). The highest BCUT2D eigenvalue weighted by Gasteiger charge is 2.07. The highest BCUT2D eigenvalue weighted by molar-refractivity contribution is 5.36. The topological polar surface area (TPSA) is 12.0 Å². The predicted molar refractivity (Wildman–Crippen MR) is 49.5 cm³/mol. The molecule has 0 spiro atoms. The van der Waals surface area contributed by atoms with Crippen molar-refractivity contribution in [3.8, 4) is 0 Å². The zero-order valence-corrected chi connectivity index (χ0v) is 7.11. The van der Waals surface area contributed by atoms with E-state index >= 15 is 0 Å². The van der Waals surface area contributed by atoms with Gasteiger partial charge in [-0.2, -0.15) is 0 Å². The van der Waals surface area contributed by atoms with Crippen LogP contribution in [-0.4, -0.2) is 13.1 Å². The Morgan fingerprint density at radius 3 is 2.91 bits per heavy atom. The zero-order chi connectivity index (χ0) is 8.27. The van der Waals surface area contributed by atoms with Crippen LogP contribution in [-0.2, 0) is 0 Å². The zero-order valence-electron chi connectivity index (χ0n) is 7.11. The van der Waals surface area contributed by atoms with Crippen LogP contribution >= 0.6 is 0 Å². The molecule has 1 fully saturated rings. The van der Waals surface area contributed by atoms with Crippen LogP contribution in [0.3, 0.4) is 0 Å². The average Bonchev–Trinajstić information content (AvgIpc) is 1.93. The third-order valence-electron chi connectivity index (χ3n) is 1.79. The van der Waals surface area contributed by atoms with Gasteiger partial charge in [-0.05, 0) is 31.0 Å². The van der Waals surface area contributed by atoms with Gasteiger partial charge in [0.25, 0.3) is 0 Å². The highest BCUT2D eigenvalue weighted by Crippen LogP contribution is 2.15. The standard InChI is InChI=1S/C10H15N/c1-8(2)6-10-7-11-5-4-9(10)3/h6,11H,1,3-5,7H2,2H3/b10-6-. The molecular formula is C10H15N. The first-order valence-corrected chi connectivity index (χ1v) is 3.95. The van der Waals surface area contributed by atoms with E-state index in [1.165, 1.54) is 11.1 Å². The van der Waals surface area contributed by atoms with Crippen LogP contribution in [0, 0.1) is 0 Å². The van der Waals surface area contributed by atoms with Gasteiger partial charge in [-0.25, -0.2) is 0 Å². The maximum absolute atomic E-state index is 4.00. The average molecular weight is 149 g/mol. The van der Waals surface area contributed by atoms with E-state index in [-0.39, 0.29) is 0 Å². The molecule has 1 aliphatic heterocycles. The number of nitrogens with one attached hydrogen (secondary N) is 1. The number of allylic oxidation sites excluding steroid dienone is 2. The fourth-order valence-electron chi connectivity index (χ4n) is 1.20. The van der Waals surface area contributed by atoms with Crippen LogP contribution in [0.4, 0.5) is 0 Å². The summed E-state index contributed by atoms with van der Waals surface area (Å²) in [5.41, 5.74) is 3.67. The van der Waals surface area contributed by atoms with Crippen molar-refractivity contribution in [1.82, 2.24) is 5.32 Å². The van der Waals surface area contributed by atoms with E-state index in [9.17, 15) is 0 Å². The van der Waals surface area contributed by atoms with Crippen molar-refractivity contribution in [1.29, 1.82) is 0 Å². The van der Waals surface area contributed by atoms with E-state index in [2.05, 4.69) is 24.6 Å². The van der Waals surface area contributed by atoms with Gasteiger partial charge >= 0.3 is 0 Å². The predicted octanol–water partition coefficient (Wildman–Crippen LogP) is 2.04. The van der Waals surface area contributed by atoms with Crippen LogP contribution in [0.5, 0.6) is 0 Å². The van der Waals surface area contributed by atoms with Gasteiger partial charge in [-0.1, -0.05) is 24.8 Å². The van der Waals surface area contributed by atoms with E-state index in [4.69, 9.17) is 0 Å². The quantitative estimate of drug-likeness (QED) is 0.601. The smallest absolute Gasteiger partial charge is 0.0208 e. The summed E-state index contributed by atoms with van der Waals surface area (Å²) in [7, 11) is 0. The van der Waals surface area contributed by atoms with E-state index in [0.29, 0.717) is 0 Å². The van der Waals surface area contributed by atoms with E-state index in [0.717, 1.165) is 25.1 Å². The van der Waals surface area contributed by atoms with E-state index in [1.807, 2.05) is 6.92 Å². The summed E-state index contributed by atoms with van der Waals surface area (Å²) in [5.74, 6) is 0. The Labute approximate surface area is 68.5 Å². The van der Waals surface area contributed by atoms with Crippen LogP contribution in [0.2, 0.25) is 0 Å². The first kappa shape index (κ1) is 8.28. The summed E-state index contributed by atoms with van der Waals surface area (Å²) in [6.45, 7) is 11.9. The molecule has 11 heavy (non-hydrogen) atoms. The lowest BCUT2D eigenvalue weighted by Gasteiger charge is -2.18. The fraction of sp³-hybridized carbons (Fsp3) is 0.400. The van der Waals surface area contributed by atoms with E-state index in [1.54, 1.807) is 0 Å². The Hall–Kier alpha value is -0.820. The summed E-state index contributed by atoms with van der Waals surface area (Å²) in [6, 6.07) is 0. The Balaban J connectivity index is 2.68. The third-order valence-corrected chi connectivity index (χ3v) is 1.79. The monoisotopic (exact) mass is 149 g/mol. The van der Waals surface area contributed by atoms with Gasteiger partial charge in [0.05, 0.1) is 0 Å². The molecule has 1 aliphatic rings. The molecule has 1 heteroatoms. The van der Waals surface area contributed by atoms with Crippen molar-refractivity contribution in [3.63, 3.8) is 0 Å². The molecule has 0 bridgehead atoms. The van der Waals surface area contributed by atoms with Crippen molar-refractivity contribution in [2.75, 3.05) is 13.1 Å². The van der Waals surface area contributed by atoms with Gasteiger partial charge in [0.1, 0.15) is 0 Å². The van der Waals surface area contributed by atoms with Gasteiger partial charge < -0.3 is 5.32 Å². The van der Waals surface area contributed by atoms with Crippen LogP contribution in [0.25, 0.3) is 0 Å². The molecule has 1 nitrogen and oxygen atoms in total. The molecule has 0 aromatic carbocycles. The Kier molecular flexibility index (Phi) is 2.66. The summed E-state index contributed by atoms with van der Waals surface area (Å²) in [5, 5.41) is 3.30. The first-order valence-electron chi connectivity index (χ1n) is 3.95. The molecule has 0 radical (unpaired) electrons.